The molecule has 3 aromatic rings. The fourth-order valence-corrected chi connectivity index (χ4v) is 2.53. The molecule has 0 saturated carbocycles. The summed E-state index contributed by atoms with van der Waals surface area (Å²) in [5.41, 5.74) is 2.96. The summed E-state index contributed by atoms with van der Waals surface area (Å²) < 4.78 is 6.88. The Morgan fingerprint density at radius 2 is 2.04 bits per heavy atom. The van der Waals surface area contributed by atoms with Crippen molar-refractivity contribution in [2.24, 2.45) is 0 Å². The van der Waals surface area contributed by atoms with Crippen LogP contribution in [0.3, 0.4) is 0 Å². The first kappa shape index (κ1) is 16.5. The summed E-state index contributed by atoms with van der Waals surface area (Å²) in [6.07, 6.45) is 4.48. The van der Waals surface area contributed by atoms with Gasteiger partial charge in [0.2, 0.25) is 0 Å². The van der Waals surface area contributed by atoms with E-state index in [2.05, 4.69) is 22.5 Å². The van der Waals surface area contributed by atoms with Crippen LogP contribution in [0.2, 0.25) is 0 Å². The Balaban J connectivity index is 1.58. The van der Waals surface area contributed by atoms with Gasteiger partial charge in [-0.2, -0.15) is 5.10 Å². The monoisotopic (exact) mass is 338 g/mol. The van der Waals surface area contributed by atoms with E-state index in [1.54, 1.807) is 18.3 Å². The van der Waals surface area contributed by atoms with Gasteiger partial charge >= 0.3 is 5.69 Å². The molecule has 0 bridgehead atoms. The van der Waals surface area contributed by atoms with Gasteiger partial charge in [0.25, 0.3) is 0 Å². The summed E-state index contributed by atoms with van der Waals surface area (Å²) in [5.74, 6) is 0.249. The van der Waals surface area contributed by atoms with Crippen LogP contribution in [0.5, 0.6) is 5.75 Å². The molecule has 0 aliphatic heterocycles. The Hall–Kier alpha value is -3.35. The number of hydrogen-bond donors (Lipinski definition) is 1. The lowest BCUT2D eigenvalue weighted by molar-refractivity contribution is -0.385. The van der Waals surface area contributed by atoms with E-state index in [4.69, 9.17) is 4.74 Å². The maximum Gasteiger partial charge on any atom is 0.311 e. The molecule has 1 N–H and O–H groups in total. The average Bonchev–Trinajstić information content (AvgIpc) is 3.16. The molecule has 2 aromatic carbocycles. The highest BCUT2D eigenvalue weighted by molar-refractivity contribution is 5.58. The number of nitro groups is 1. The maximum atomic E-state index is 10.9. The number of nitrogens with one attached hydrogen (secondary N) is 1. The molecule has 0 unspecified atom stereocenters. The molecule has 1 heterocycles. The fourth-order valence-electron chi connectivity index (χ4n) is 2.53. The predicted octanol–water partition coefficient (Wildman–Crippen LogP) is 3.44. The molecule has 0 saturated heterocycles. The zero-order valence-corrected chi connectivity index (χ0v) is 13.8. The third-order valence-electron chi connectivity index (χ3n) is 3.82. The van der Waals surface area contributed by atoms with Gasteiger partial charge in [0.05, 0.1) is 17.7 Å². The van der Waals surface area contributed by atoms with Gasteiger partial charge in [0.1, 0.15) is 0 Å². The molecule has 3 rings (SSSR count). The van der Waals surface area contributed by atoms with Gasteiger partial charge in [-0.25, -0.2) is 4.68 Å². The second kappa shape index (κ2) is 7.48. The molecule has 128 valence electrons. The van der Waals surface area contributed by atoms with Crippen molar-refractivity contribution in [3.05, 3.63) is 76.6 Å². The summed E-state index contributed by atoms with van der Waals surface area (Å²) in [5, 5.41) is 18.4. The van der Waals surface area contributed by atoms with Crippen LogP contribution in [-0.4, -0.2) is 28.4 Å². The topological polar surface area (TPSA) is 82.2 Å². The summed E-state index contributed by atoms with van der Waals surface area (Å²) in [7, 11) is 1.42. The minimum atomic E-state index is -0.455. The summed E-state index contributed by atoms with van der Waals surface area (Å²) in [6, 6.07) is 14.8. The summed E-state index contributed by atoms with van der Waals surface area (Å²) in [4.78, 5) is 10.4. The molecular weight excluding hydrogens is 320 g/mol. The van der Waals surface area contributed by atoms with Crippen LogP contribution in [0, 0.1) is 10.1 Å². The van der Waals surface area contributed by atoms with Gasteiger partial charge in [-0.05, 0) is 36.2 Å². The normalized spacial score (nSPS) is 10.4. The van der Waals surface area contributed by atoms with Crippen molar-refractivity contribution in [3.63, 3.8) is 0 Å². The molecule has 7 nitrogen and oxygen atoms in total. The fraction of sp³-hybridized carbons (Fsp3) is 0.167. The third-order valence-corrected chi connectivity index (χ3v) is 3.82. The first-order chi connectivity index (χ1) is 12.2. The van der Waals surface area contributed by atoms with Crippen molar-refractivity contribution in [2.75, 3.05) is 19.0 Å². The number of anilines is 1. The second-order valence-electron chi connectivity index (χ2n) is 5.44. The molecule has 0 aliphatic rings. The molecule has 0 atom stereocenters. The van der Waals surface area contributed by atoms with E-state index < -0.39 is 4.92 Å². The number of hydrogen-bond acceptors (Lipinski definition) is 5. The van der Waals surface area contributed by atoms with E-state index in [1.165, 1.54) is 18.7 Å². The van der Waals surface area contributed by atoms with Crippen molar-refractivity contribution in [1.29, 1.82) is 0 Å². The molecule has 1 aromatic heterocycles. The Morgan fingerprint density at radius 3 is 2.68 bits per heavy atom. The van der Waals surface area contributed by atoms with Gasteiger partial charge in [-0.1, -0.05) is 12.1 Å². The van der Waals surface area contributed by atoms with Gasteiger partial charge in [0, 0.05) is 36.8 Å². The molecule has 0 amide bonds. The quantitative estimate of drug-likeness (QED) is 0.527. The van der Waals surface area contributed by atoms with E-state index >= 15 is 0 Å². The number of aromatic nitrogens is 2. The van der Waals surface area contributed by atoms with E-state index in [0.717, 1.165) is 17.8 Å². The first-order valence-electron chi connectivity index (χ1n) is 7.82. The lowest BCUT2D eigenvalue weighted by atomic mass is 10.1. The molecular formula is C18H18N4O3. The first-order valence-corrected chi connectivity index (χ1v) is 7.82. The number of benzene rings is 2. The minimum absolute atomic E-state index is 0.0396. The average molecular weight is 338 g/mol. The largest absolute Gasteiger partial charge is 0.490 e. The molecule has 7 heteroatoms. The van der Waals surface area contributed by atoms with Crippen molar-refractivity contribution in [2.45, 2.75) is 6.42 Å². The van der Waals surface area contributed by atoms with Crippen LogP contribution in [0.25, 0.3) is 5.69 Å². The minimum Gasteiger partial charge on any atom is -0.490 e. The van der Waals surface area contributed by atoms with Crippen molar-refractivity contribution < 1.29 is 9.66 Å². The van der Waals surface area contributed by atoms with Crippen molar-refractivity contribution in [1.82, 2.24) is 9.78 Å². The number of nitro benzene ring substituents is 1. The van der Waals surface area contributed by atoms with Crippen LogP contribution in [0.15, 0.2) is 60.9 Å². The van der Waals surface area contributed by atoms with Crippen LogP contribution in [0.4, 0.5) is 11.4 Å². The smallest absolute Gasteiger partial charge is 0.311 e. The number of methoxy groups -OCH3 is 1. The highest BCUT2D eigenvalue weighted by atomic mass is 16.6. The van der Waals surface area contributed by atoms with E-state index in [9.17, 15) is 10.1 Å². The van der Waals surface area contributed by atoms with Crippen LogP contribution in [0.1, 0.15) is 5.56 Å². The SMILES string of the molecule is COc1cc(NCCc2ccc(-n3cccn3)cc2)ccc1[N+](=O)[O-]. The van der Waals surface area contributed by atoms with Crippen molar-refractivity contribution >= 4 is 11.4 Å². The third kappa shape index (κ3) is 3.95. The molecule has 0 fully saturated rings. The molecule has 0 spiro atoms. The second-order valence-corrected chi connectivity index (χ2v) is 5.44. The zero-order valence-electron chi connectivity index (χ0n) is 13.8. The predicted molar refractivity (Wildman–Crippen MR) is 95.4 cm³/mol. The van der Waals surface area contributed by atoms with Crippen LogP contribution >= 0.6 is 0 Å². The van der Waals surface area contributed by atoms with Gasteiger partial charge in [-0.3, -0.25) is 10.1 Å². The Morgan fingerprint density at radius 1 is 1.24 bits per heavy atom. The number of nitrogens with zero attached hydrogens (tertiary/aromatic N) is 3. The lowest BCUT2D eigenvalue weighted by Gasteiger charge is -2.09. The summed E-state index contributed by atoms with van der Waals surface area (Å²) >= 11 is 0. The Kier molecular flexibility index (Phi) is 4.94. The van der Waals surface area contributed by atoms with Gasteiger partial charge < -0.3 is 10.1 Å². The van der Waals surface area contributed by atoms with E-state index in [0.29, 0.717) is 6.54 Å². The Labute approximate surface area is 145 Å². The van der Waals surface area contributed by atoms with E-state index in [1.807, 2.05) is 29.1 Å². The van der Waals surface area contributed by atoms with Crippen LogP contribution < -0.4 is 10.1 Å². The molecule has 0 aliphatic carbocycles. The molecule has 25 heavy (non-hydrogen) atoms. The highest BCUT2D eigenvalue weighted by Crippen LogP contribution is 2.29. The summed E-state index contributed by atoms with van der Waals surface area (Å²) in [6.45, 7) is 0.710. The maximum absolute atomic E-state index is 10.9. The molecule has 0 radical (unpaired) electrons. The van der Waals surface area contributed by atoms with E-state index in [-0.39, 0.29) is 11.4 Å². The standard InChI is InChI=1S/C18H18N4O3/c1-25-18-13-15(5-8-17(18)22(23)24)19-11-9-14-3-6-16(7-4-14)21-12-2-10-20-21/h2-8,10,12-13,19H,9,11H2,1H3. The lowest BCUT2D eigenvalue weighted by Crippen LogP contribution is -2.05. The number of rotatable bonds is 7. The number of ether oxygens (including phenoxy) is 1. The zero-order chi connectivity index (χ0) is 17.6. The Bertz CT molecular complexity index is 845. The van der Waals surface area contributed by atoms with Gasteiger partial charge in [0.15, 0.2) is 5.75 Å². The van der Waals surface area contributed by atoms with Crippen LogP contribution in [-0.2, 0) is 6.42 Å². The highest BCUT2D eigenvalue weighted by Gasteiger charge is 2.14. The van der Waals surface area contributed by atoms with Gasteiger partial charge in [-0.15, -0.1) is 0 Å². The van der Waals surface area contributed by atoms with Crippen molar-refractivity contribution in [3.8, 4) is 11.4 Å².